The maximum Gasteiger partial charge on any atom is 0.332 e. The summed E-state index contributed by atoms with van der Waals surface area (Å²) in [5.74, 6) is 1.41. The molecular weight excluding hydrogens is 432 g/mol. The summed E-state index contributed by atoms with van der Waals surface area (Å²) in [7, 11) is 3.39. The first-order valence-corrected chi connectivity index (χ1v) is 11.0. The van der Waals surface area contributed by atoms with Crippen LogP contribution in [0.5, 0.6) is 0 Å². The minimum atomic E-state index is -0.429. The molecule has 0 spiro atoms. The molecular formula is C22H25ClN6O3. The van der Waals surface area contributed by atoms with Gasteiger partial charge in [0.2, 0.25) is 5.95 Å². The van der Waals surface area contributed by atoms with Gasteiger partial charge < -0.3 is 20.0 Å². The van der Waals surface area contributed by atoms with Crippen LogP contribution < -0.4 is 16.6 Å². The van der Waals surface area contributed by atoms with Gasteiger partial charge in [-0.15, -0.1) is 0 Å². The molecule has 4 aromatic rings. The van der Waals surface area contributed by atoms with Crippen molar-refractivity contribution in [1.29, 1.82) is 0 Å². The number of halogens is 1. The summed E-state index contributed by atoms with van der Waals surface area (Å²) in [4.78, 5) is 34.1. The fraction of sp³-hybridized carbons (Fsp3) is 0.409. The largest absolute Gasteiger partial charge is 0.396 e. The van der Waals surface area contributed by atoms with E-state index in [4.69, 9.17) is 11.6 Å². The second-order valence-electron chi connectivity index (χ2n) is 8.66. The van der Waals surface area contributed by atoms with Gasteiger partial charge in [-0.05, 0) is 42.9 Å². The topological polar surface area (TPSA) is 110 Å². The fourth-order valence-electron chi connectivity index (χ4n) is 4.60. The molecule has 1 aliphatic rings. The van der Waals surface area contributed by atoms with Crippen LogP contribution in [-0.4, -0.2) is 41.9 Å². The minimum Gasteiger partial charge on any atom is -0.396 e. The van der Waals surface area contributed by atoms with E-state index in [-0.39, 0.29) is 18.7 Å². The number of nitrogens with one attached hydrogen (secondary N) is 2. The van der Waals surface area contributed by atoms with Crippen LogP contribution in [0, 0.1) is 11.8 Å². The molecule has 0 atom stereocenters. The predicted octanol–water partition coefficient (Wildman–Crippen LogP) is 2.05. The van der Waals surface area contributed by atoms with Crippen LogP contribution in [0.25, 0.3) is 22.1 Å². The van der Waals surface area contributed by atoms with E-state index in [0.29, 0.717) is 40.5 Å². The first-order valence-electron chi connectivity index (χ1n) is 10.6. The monoisotopic (exact) mass is 456 g/mol. The van der Waals surface area contributed by atoms with Gasteiger partial charge in [0.1, 0.15) is 0 Å². The van der Waals surface area contributed by atoms with Gasteiger partial charge >= 0.3 is 5.69 Å². The predicted molar refractivity (Wildman–Crippen MR) is 124 cm³/mol. The Labute approximate surface area is 188 Å². The Kier molecular flexibility index (Phi) is 5.10. The molecule has 0 aliphatic heterocycles. The van der Waals surface area contributed by atoms with Crippen molar-refractivity contribution in [2.45, 2.75) is 19.4 Å². The molecule has 0 radical (unpaired) electrons. The molecule has 32 heavy (non-hydrogen) atoms. The van der Waals surface area contributed by atoms with Gasteiger partial charge in [0.05, 0.1) is 6.54 Å². The summed E-state index contributed by atoms with van der Waals surface area (Å²) < 4.78 is 4.32. The number of aliphatic hydroxyl groups is 1. The van der Waals surface area contributed by atoms with Crippen molar-refractivity contribution in [2.75, 3.05) is 18.5 Å². The number of benzene rings is 1. The van der Waals surface area contributed by atoms with E-state index >= 15 is 0 Å². The van der Waals surface area contributed by atoms with Gasteiger partial charge in [-0.2, -0.15) is 4.98 Å². The Morgan fingerprint density at radius 3 is 2.72 bits per heavy atom. The molecule has 0 bridgehead atoms. The number of hydrogen-bond donors (Lipinski definition) is 3. The van der Waals surface area contributed by atoms with E-state index in [1.807, 2.05) is 18.2 Å². The second-order valence-corrected chi connectivity index (χ2v) is 9.07. The Morgan fingerprint density at radius 1 is 1.22 bits per heavy atom. The van der Waals surface area contributed by atoms with Gasteiger partial charge in [0.15, 0.2) is 11.2 Å². The van der Waals surface area contributed by atoms with Crippen LogP contribution in [0.4, 0.5) is 5.95 Å². The first kappa shape index (κ1) is 20.8. The van der Waals surface area contributed by atoms with Crippen LogP contribution in [0.2, 0.25) is 5.02 Å². The van der Waals surface area contributed by atoms with Crippen molar-refractivity contribution in [3.05, 3.63) is 55.8 Å². The third kappa shape index (κ3) is 3.32. The Hall–Kier alpha value is -3.04. The fourth-order valence-corrected chi connectivity index (χ4v) is 4.83. The van der Waals surface area contributed by atoms with Gasteiger partial charge in [0, 0.05) is 48.9 Å². The lowest BCUT2D eigenvalue weighted by molar-refractivity contribution is 0.114. The van der Waals surface area contributed by atoms with Crippen LogP contribution in [-0.2, 0) is 20.6 Å². The molecule has 9 nitrogen and oxygen atoms in total. The normalized spacial score (nSPS) is 18.4. The van der Waals surface area contributed by atoms with E-state index in [9.17, 15) is 14.7 Å². The molecule has 0 amide bonds. The van der Waals surface area contributed by atoms with Crippen LogP contribution in [0.3, 0.4) is 0 Å². The van der Waals surface area contributed by atoms with Crippen LogP contribution in [0.15, 0.2) is 33.9 Å². The quantitative estimate of drug-likeness (QED) is 0.411. The standard InChI is InChI=1S/C22H25ClN6O3/c1-27-18-19(26-21(27)24-9-12-6-13(7-12)11-30)28(2)22(32)29(20(18)31)10-14-8-15-16(23)4-3-5-17(15)25-14/h3-5,8,12-13,25,30H,6-7,9-11H2,1-2H3,(H,24,26). The number of aliphatic hydroxyl groups excluding tert-OH is 1. The Morgan fingerprint density at radius 2 is 2.00 bits per heavy atom. The van der Waals surface area contributed by atoms with Crippen molar-refractivity contribution in [2.24, 2.45) is 25.9 Å². The van der Waals surface area contributed by atoms with Gasteiger partial charge in [0.25, 0.3) is 5.56 Å². The first-order chi connectivity index (χ1) is 15.4. The Bertz CT molecular complexity index is 1440. The smallest absolute Gasteiger partial charge is 0.332 e. The molecule has 0 saturated heterocycles. The van der Waals surface area contributed by atoms with Crippen molar-refractivity contribution in [1.82, 2.24) is 23.7 Å². The van der Waals surface area contributed by atoms with Crippen LogP contribution >= 0.6 is 11.6 Å². The van der Waals surface area contributed by atoms with E-state index in [0.717, 1.165) is 29.4 Å². The third-order valence-corrected chi connectivity index (χ3v) is 6.83. The number of hydrogen-bond acceptors (Lipinski definition) is 5. The van der Waals surface area contributed by atoms with Crippen molar-refractivity contribution < 1.29 is 5.11 Å². The van der Waals surface area contributed by atoms with Crippen molar-refractivity contribution in [3.8, 4) is 0 Å². The summed E-state index contributed by atoms with van der Waals surface area (Å²) in [5, 5.41) is 13.9. The molecule has 1 aromatic carbocycles. The molecule has 3 heterocycles. The van der Waals surface area contributed by atoms with E-state index in [1.165, 1.54) is 9.13 Å². The van der Waals surface area contributed by atoms with Gasteiger partial charge in [-0.25, -0.2) is 4.79 Å². The number of rotatable bonds is 6. The van der Waals surface area contributed by atoms with E-state index < -0.39 is 5.69 Å². The lowest BCUT2D eigenvalue weighted by atomic mass is 9.75. The SMILES string of the molecule is Cn1c(NCC2CC(CO)C2)nc2c1c(=O)n(Cc1cc3c(Cl)cccc3[nH]1)c(=O)n2C. The van der Waals surface area contributed by atoms with Gasteiger partial charge in [-0.1, -0.05) is 17.7 Å². The molecule has 1 saturated carbocycles. The average Bonchev–Trinajstić information content (AvgIpc) is 3.30. The van der Waals surface area contributed by atoms with Gasteiger partial charge in [-0.3, -0.25) is 13.9 Å². The molecule has 168 valence electrons. The lowest BCUT2D eigenvalue weighted by Crippen LogP contribution is -2.39. The lowest BCUT2D eigenvalue weighted by Gasteiger charge is -2.34. The molecule has 3 aromatic heterocycles. The molecule has 0 unspecified atom stereocenters. The highest BCUT2D eigenvalue weighted by Crippen LogP contribution is 2.33. The number of aromatic amines is 1. The van der Waals surface area contributed by atoms with E-state index in [1.54, 1.807) is 24.7 Å². The zero-order valence-corrected chi connectivity index (χ0v) is 18.7. The third-order valence-electron chi connectivity index (χ3n) is 6.50. The summed E-state index contributed by atoms with van der Waals surface area (Å²) in [6.45, 7) is 1.05. The number of imidazole rings is 1. The summed E-state index contributed by atoms with van der Waals surface area (Å²) in [6, 6.07) is 7.41. The summed E-state index contributed by atoms with van der Waals surface area (Å²) in [5.41, 5.74) is 1.47. The highest BCUT2D eigenvalue weighted by molar-refractivity contribution is 6.35. The number of nitrogens with zero attached hydrogens (tertiary/aromatic N) is 4. The van der Waals surface area contributed by atoms with Crippen molar-refractivity contribution >= 4 is 39.6 Å². The minimum absolute atomic E-state index is 0.102. The maximum absolute atomic E-state index is 13.3. The Balaban J connectivity index is 1.49. The summed E-state index contributed by atoms with van der Waals surface area (Å²) in [6.07, 6.45) is 1.96. The number of aromatic nitrogens is 5. The summed E-state index contributed by atoms with van der Waals surface area (Å²) >= 11 is 6.26. The molecule has 1 fully saturated rings. The van der Waals surface area contributed by atoms with Crippen molar-refractivity contribution in [3.63, 3.8) is 0 Å². The maximum atomic E-state index is 13.3. The highest BCUT2D eigenvalue weighted by Gasteiger charge is 2.28. The molecule has 10 heteroatoms. The van der Waals surface area contributed by atoms with E-state index in [2.05, 4.69) is 15.3 Å². The molecule has 1 aliphatic carbocycles. The molecule has 3 N–H and O–H groups in total. The number of fused-ring (bicyclic) bond motifs is 2. The highest BCUT2D eigenvalue weighted by atomic mass is 35.5. The zero-order valence-electron chi connectivity index (χ0n) is 17.9. The van der Waals surface area contributed by atoms with Crippen LogP contribution in [0.1, 0.15) is 18.5 Å². The number of H-pyrrole nitrogens is 1. The average molecular weight is 457 g/mol. The molecule has 5 rings (SSSR count). The second kappa shape index (κ2) is 7.83. The zero-order chi connectivity index (χ0) is 22.6. The number of anilines is 1. The number of aryl methyl sites for hydroxylation is 2.